The summed E-state index contributed by atoms with van der Waals surface area (Å²) in [5.41, 5.74) is 0. The quantitative estimate of drug-likeness (QED) is 0.286. The Bertz CT molecular complexity index is 441. The van der Waals surface area contributed by atoms with Crippen LogP contribution in [0.2, 0.25) is 0 Å². The van der Waals surface area contributed by atoms with Gasteiger partial charge in [-0.3, -0.25) is 9.13 Å². The van der Waals surface area contributed by atoms with Gasteiger partial charge in [-0.2, -0.15) is 0 Å². The van der Waals surface area contributed by atoms with E-state index in [9.17, 15) is 9.13 Å². The number of ether oxygens (including phenoxy) is 2. The van der Waals surface area contributed by atoms with Crippen molar-refractivity contribution in [3.05, 3.63) is 0 Å². The van der Waals surface area contributed by atoms with Gasteiger partial charge in [0.1, 0.15) is 0 Å². The van der Waals surface area contributed by atoms with Crippen molar-refractivity contribution in [3.8, 4) is 0 Å². The van der Waals surface area contributed by atoms with E-state index >= 15 is 0 Å². The highest BCUT2D eigenvalue weighted by atomic mass is 31.2. The molecule has 9 nitrogen and oxygen atoms in total. The number of hydrogen-bond acceptors (Lipinski definition) is 9. The van der Waals surface area contributed by atoms with E-state index in [1.54, 1.807) is 0 Å². The molecule has 0 aliphatic carbocycles. The van der Waals surface area contributed by atoms with Crippen molar-refractivity contribution in [1.82, 2.24) is 4.90 Å². The number of nitrogens with zero attached hydrogens (tertiary/aromatic N) is 1. The van der Waals surface area contributed by atoms with Crippen LogP contribution in [0.25, 0.3) is 0 Å². The summed E-state index contributed by atoms with van der Waals surface area (Å²) in [6.07, 6.45) is 4.30. The highest BCUT2D eigenvalue weighted by Crippen LogP contribution is 2.47. The molecule has 0 bridgehead atoms. The molecule has 0 spiro atoms. The van der Waals surface area contributed by atoms with Crippen LogP contribution in [0.15, 0.2) is 0 Å². The highest BCUT2D eigenvalue weighted by Gasteiger charge is 2.25. The Morgan fingerprint density at radius 2 is 1.44 bits per heavy atom. The van der Waals surface area contributed by atoms with Gasteiger partial charge in [0, 0.05) is 54.7 Å². The Morgan fingerprint density at radius 3 is 1.89 bits per heavy atom. The normalized spacial score (nSPS) is 18.9. The summed E-state index contributed by atoms with van der Waals surface area (Å²) in [5.74, 6) is 0. The molecule has 0 N–H and O–H groups in total. The van der Waals surface area contributed by atoms with Crippen molar-refractivity contribution in [2.24, 2.45) is 0 Å². The molecule has 1 saturated heterocycles. The van der Waals surface area contributed by atoms with Crippen molar-refractivity contribution < 1.29 is 36.7 Å². The lowest BCUT2D eigenvalue weighted by atomic mass is 10.2. The summed E-state index contributed by atoms with van der Waals surface area (Å²) in [5, 5.41) is 0. The van der Waals surface area contributed by atoms with Crippen LogP contribution in [0.4, 0.5) is 0 Å². The van der Waals surface area contributed by atoms with Crippen LogP contribution in [0.5, 0.6) is 0 Å². The zero-order valence-electron chi connectivity index (χ0n) is 17.0. The van der Waals surface area contributed by atoms with Crippen LogP contribution in [0.3, 0.4) is 0 Å². The highest BCUT2D eigenvalue weighted by molar-refractivity contribution is 7.54. The Balaban J connectivity index is 2.47. The van der Waals surface area contributed by atoms with E-state index in [1.807, 2.05) is 4.90 Å². The van der Waals surface area contributed by atoms with Crippen molar-refractivity contribution in [2.45, 2.75) is 32.0 Å². The van der Waals surface area contributed by atoms with Crippen LogP contribution < -0.4 is 0 Å². The Morgan fingerprint density at radius 1 is 0.889 bits per heavy atom. The third-order valence-corrected chi connectivity index (χ3v) is 8.27. The molecule has 1 heterocycles. The van der Waals surface area contributed by atoms with Crippen LogP contribution in [-0.2, 0) is 36.7 Å². The first-order valence-corrected chi connectivity index (χ1v) is 12.7. The number of rotatable bonds is 15. The van der Waals surface area contributed by atoms with Gasteiger partial charge >= 0.3 is 15.2 Å². The molecule has 0 radical (unpaired) electrons. The standard InChI is InChI=1S/C16H35NO8P2/c1-20-26(18,21-2)14-10-17(11-15-27(19,22-3)23-4)9-7-13-25-16-8-5-6-12-24-16/h16H,5-15H2,1-4H3. The fourth-order valence-corrected chi connectivity index (χ4v) is 4.81. The molecule has 1 aliphatic heterocycles. The van der Waals surface area contributed by atoms with Gasteiger partial charge in [0.2, 0.25) is 0 Å². The lowest BCUT2D eigenvalue weighted by Crippen LogP contribution is -2.32. The zero-order valence-corrected chi connectivity index (χ0v) is 18.8. The van der Waals surface area contributed by atoms with Gasteiger partial charge in [0.15, 0.2) is 6.29 Å². The number of hydrogen-bond donors (Lipinski definition) is 0. The van der Waals surface area contributed by atoms with Gasteiger partial charge in [-0.1, -0.05) is 0 Å². The summed E-state index contributed by atoms with van der Waals surface area (Å²) >= 11 is 0. The van der Waals surface area contributed by atoms with Gasteiger partial charge < -0.3 is 32.5 Å². The van der Waals surface area contributed by atoms with Crippen molar-refractivity contribution >= 4 is 15.2 Å². The molecule has 27 heavy (non-hydrogen) atoms. The fraction of sp³-hybridized carbons (Fsp3) is 1.00. The topological polar surface area (TPSA) is 92.8 Å². The average Bonchev–Trinajstić information content (AvgIpc) is 2.72. The van der Waals surface area contributed by atoms with E-state index < -0.39 is 15.2 Å². The zero-order chi connectivity index (χ0) is 20.2. The summed E-state index contributed by atoms with van der Waals surface area (Å²) in [7, 11) is -0.711. The fourth-order valence-electron chi connectivity index (χ4n) is 2.72. The first-order chi connectivity index (χ1) is 12.9. The third-order valence-electron chi connectivity index (χ3n) is 4.55. The van der Waals surface area contributed by atoms with E-state index in [2.05, 4.69) is 0 Å². The molecule has 0 amide bonds. The van der Waals surface area contributed by atoms with Crippen molar-refractivity contribution in [1.29, 1.82) is 0 Å². The van der Waals surface area contributed by atoms with Crippen molar-refractivity contribution in [2.75, 3.05) is 73.6 Å². The molecule has 0 aromatic carbocycles. The van der Waals surface area contributed by atoms with E-state index in [1.165, 1.54) is 28.4 Å². The van der Waals surface area contributed by atoms with Crippen LogP contribution in [0.1, 0.15) is 25.7 Å². The molecule has 1 fully saturated rings. The van der Waals surface area contributed by atoms with Gasteiger partial charge in [0.25, 0.3) is 0 Å². The third kappa shape index (κ3) is 9.97. The first-order valence-electron chi connectivity index (χ1n) is 9.27. The summed E-state index contributed by atoms with van der Waals surface area (Å²) < 4.78 is 55.8. The molecule has 1 atom stereocenters. The maximum absolute atomic E-state index is 12.3. The van der Waals surface area contributed by atoms with E-state index in [0.717, 1.165) is 32.3 Å². The molecule has 1 unspecified atom stereocenters. The molecule has 0 aromatic rings. The molecule has 1 aliphatic rings. The second-order valence-electron chi connectivity index (χ2n) is 6.26. The molecule has 11 heteroatoms. The van der Waals surface area contributed by atoms with E-state index in [-0.39, 0.29) is 18.6 Å². The Hall–Kier alpha value is 0.180. The first kappa shape index (κ1) is 25.2. The Kier molecular flexibility index (Phi) is 12.5. The predicted octanol–water partition coefficient (Wildman–Crippen LogP) is 3.19. The van der Waals surface area contributed by atoms with Crippen LogP contribution >= 0.6 is 15.2 Å². The minimum Gasteiger partial charge on any atom is -0.353 e. The smallest absolute Gasteiger partial charge is 0.331 e. The summed E-state index contributed by atoms with van der Waals surface area (Å²) in [4.78, 5) is 2.04. The SMILES string of the molecule is COP(=O)(CCN(CCCOC1CCCCO1)CCP(=O)(OC)OC)OC. The van der Waals surface area contributed by atoms with Crippen LogP contribution in [-0.4, -0.2) is 84.8 Å². The molecule has 1 rings (SSSR count). The van der Waals surface area contributed by atoms with Gasteiger partial charge in [-0.05, 0) is 25.7 Å². The van der Waals surface area contributed by atoms with Gasteiger partial charge in [-0.25, -0.2) is 0 Å². The van der Waals surface area contributed by atoms with Gasteiger partial charge in [-0.15, -0.1) is 0 Å². The summed E-state index contributed by atoms with van der Waals surface area (Å²) in [6, 6.07) is 0. The van der Waals surface area contributed by atoms with Gasteiger partial charge in [0.05, 0.1) is 18.9 Å². The van der Waals surface area contributed by atoms with Crippen LogP contribution in [0, 0.1) is 0 Å². The summed E-state index contributed by atoms with van der Waals surface area (Å²) in [6.45, 7) is 2.97. The Labute approximate surface area is 163 Å². The molecular formula is C16H35NO8P2. The molecule has 0 aromatic heterocycles. The predicted molar refractivity (Wildman–Crippen MR) is 104 cm³/mol. The molecule has 162 valence electrons. The second-order valence-corrected chi connectivity index (χ2v) is 11.1. The second kappa shape index (κ2) is 13.4. The van der Waals surface area contributed by atoms with Crippen molar-refractivity contribution in [3.63, 3.8) is 0 Å². The maximum Gasteiger partial charge on any atom is 0.331 e. The minimum absolute atomic E-state index is 0.114. The average molecular weight is 431 g/mol. The largest absolute Gasteiger partial charge is 0.353 e. The molecular weight excluding hydrogens is 396 g/mol. The maximum atomic E-state index is 12.3. The van der Waals surface area contributed by atoms with E-state index in [0.29, 0.717) is 26.2 Å². The molecule has 0 saturated carbocycles. The lowest BCUT2D eigenvalue weighted by Gasteiger charge is -2.26. The monoisotopic (exact) mass is 431 g/mol. The van der Waals surface area contributed by atoms with E-state index in [4.69, 9.17) is 27.6 Å². The minimum atomic E-state index is -3.10. The lowest BCUT2D eigenvalue weighted by molar-refractivity contribution is -0.163.